The van der Waals surface area contributed by atoms with Gasteiger partial charge in [-0.25, -0.2) is 4.98 Å². The number of unbranched alkanes of at least 4 members (excludes halogenated alkanes) is 1. The van der Waals surface area contributed by atoms with Gasteiger partial charge in [0.05, 0.1) is 18.3 Å². The summed E-state index contributed by atoms with van der Waals surface area (Å²) in [5, 5.41) is 2.74. The van der Waals surface area contributed by atoms with E-state index in [9.17, 15) is 4.79 Å². The summed E-state index contributed by atoms with van der Waals surface area (Å²) in [6.07, 6.45) is 4.69. The van der Waals surface area contributed by atoms with Gasteiger partial charge < -0.3 is 4.74 Å². The molecule has 2 heterocycles. The van der Waals surface area contributed by atoms with Crippen LogP contribution in [-0.4, -0.2) is 16.2 Å². The molecule has 0 bridgehead atoms. The van der Waals surface area contributed by atoms with Crippen molar-refractivity contribution in [2.24, 2.45) is 0 Å². The Morgan fingerprint density at radius 3 is 2.67 bits per heavy atom. The van der Waals surface area contributed by atoms with Crippen LogP contribution in [-0.2, 0) is 6.54 Å². The van der Waals surface area contributed by atoms with Gasteiger partial charge in [-0.05, 0) is 30.5 Å². The van der Waals surface area contributed by atoms with Gasteiger partial charge in [-0.2, -0.15) is 0 Å². The van der Waals surface area contributed by atoms with E-state index < -0.39 is 0 Å². The van der Waals surface area contributed by atoms with Crippen molar-refractivity contribution in [3.63, 3.8) is 0 Å². The van der Waals surface area contributed by atoms with Gasteiger partial charge in [0.15, 0.2) is 0 Å². The van der Waals surface area contributed by atoms with E-state index in [0.717, 1.165) is 52.9 Å². The molecule has 24 heavy (non-hydrogen) atoms. The summed E-state index contributed by atoms with van der Waals surface area (Å²) in [5.74, 6) is 0.860. The molecule has 0 N–H and O–H groups in total. The minimum Gasteiger partial charge on any atom is -0.494 e. The van der Waals surface area contributed by atoms with Gasteiger partial charge in [0.1, 0.15) is 10.6 Å². The maximum Gasteiger partial charge on any atom is 0.262 e. The minimum absolute atomic E-state index is 0.0519. The Labute approximate surface area is 145 Å². The number of hydrogen-bond donors (Lipinski definition) is 0. The Morgan fingerprint density at radius 2 is 1.96 bits per heavy atom. The normalized spacial score (nSPS) is 11.1. The van der Waals surface area contributed by atoms with Crippen LogP contribution in [0, 0.1) is 0 Å². The number of aryl methyl sites for hydroxylation is 1. The SMILES string of the molecule is CCCCn1cnc2scc(-c3ccc(OCCC)cc3)c2c1=O. The molecule has 2 aromatic heterocycles. The Balaban J connectivity index is 1.98. The zero-order valence-corrected chi connectivity index (χ0v) is 14.9. The van der Waals surface area contributed by atoms with Crippen molar-refractivity contribution in [3.05, 3.63) is 46.3 Å². The Hall–Kier alpha value is -2.14. The van der Waals surface area contributed by atoms with Gasteiger partial charge in [-0.15, -0.1) is 11.3 Å². The van der Waals surface area contributed by atoms with Gasteiger partial charge in [0.25, 0.3) is 5.56 Å². The quantitative estimate of drug-likeness (QED) is 0.624. The average molecular weight is 342 g/mol. The topological polar surface area (TPSA) is 44.1 Å². The molecule has 0 aliphatic heterocycles. The molecular weight excluding hydrogens is 320 g/mol. The van der Waals surface area contributed by atoms with Gasteiger partial charge >= 0.3 is 0 Å². The predicted molar refractivity (Wildman–Crippen MR) is 100 cm³/mol. The van der Waals surface area contributed by atoms with Crippen LogP contribution in [0.2, 0.25) is 0 Å². The first kappa shape index (κ1) is 16.7. The maximum absolute atomic E-state index is 12.8. The van der Waals surface area contributed by atoms with E-state index in [4.69, 9.17) is 4.74 Å². The Kier molecular flexibility index (Phi) is 5.30. The predicted octanol–water partition coefficient (Wildman–Crippen LogP) is 4.71. The largest absolute Gasteiger partial charge is 0.494 e. The first-order chi connectivity index (χ1) is 11.7. The molecule has 0 amide bonds. The monoisotopic (exact) mass is 342 g/mol. The van der Waals surface area contributed by atoms with Crippen molar-refractivity contribution in [3.8, 4) is 16.9 Å². The van der Waals surface area contributed by atoms with Gasteiger partial charge in [0.2, 0.25) is 0 Å². The Morgan fingerprint density at radius 1 is 1.17 bits per heavy atom. The van der Waals surface area contributed by atoms with Crippen molar-refractivity contribution in [1.82, 2.24) is 9.55 Å². The molecule has 0 saturated carbocycles. The number of fused-ring (bicyclic) bond motifs is 1. The average Bonchev–Trinajstić information content (AvgIpc) is 3.05. The standard InChI is InChI=1S/C19H22N2O2S/c1-3-5-10-21-13-20-18-17(19(21)22)16(12-24-18)14-6-8-15(9-7-14)23-11-4-2/h6-9,12-13H,3-5,10-11H2,1-2H3. The number of thiophene rings is 1. The molecule has 4 nitrogen and oxygen atoms in total. The third-order valence-corrected chi connectivity index (χ3v) is 4.84. The van der Waals surface area contributed by atoms with Crippen LogP contribution in [0.25, 0.3) is 21.3 Å². The molecule has 0 aliphatic carbocycles. The van der Waals surface area contributed by atoms with Crippen molar-refractivity contribution in [2.75, 3.05) is 6.61 Å². The van der Waals surface area contributed by atoms with Gasteiger partial charge in [0, 0.05) is 17.5 Å². The maximum atomic E-state index is 12.8. The number of nitrogens with zero attached hydrogens (tertiary/aromatic N) is 2. The van der Waals surface area contributed by atoms with Crippen molar-refractivity contribution >= 4 is 21.6 Å². The summed E-state index contributed by atoms with van der Waals surface area (Å²) < 4.78 is 7.35. The van der Waals surface area contributed by atoms with Crippen LogP contribution in [0.1, 0.15) is 33.1 Å². The second kappa shape index (κ2) is 7.62. The molecule has 0 atom stereocenters. The van der Waals surface area contributed by atoms with E-state index in [0.29, 0.717) is 6.61 Å². The highest BCUT2D eigenvalue weighted by Gasteiger charge is 2.13. The molecule has 0 unspecified atom stereocenters. The lowest BCUT2D eigenvalue weighted by molar-refractivity contribution is 0.317. The molecule has 5 heteroatoms. The van der Waals surface area contributed by atoms with E-state index in [2.05, 4.69) is 18.8 Å². The molecule has 3 rings (SSSR count). The number of aromatic nitrogens is 2. The number of benzene rings is 1. The van der Waals surface area contributed by atoms with Gasteiger partial charge in [-0.3, -0.25) is 9.36 Å². The first-order valence-electron chi connectivity index (χ1n) is 8.44. The fourth-order valence-electron chi connectivity index (χ4n) is 2.62. The minimum atomic E-state index is 0.0519. The smallest absolute Gasteiger partial charge is 0.262 e. The lowest BCUT2D eigenvalue weighted by Gasteiger charge is -2.07. The third-order valence-electron chi connectivity index (χ3n) is 3.95. The Bertz CT molecular complexity index is 865. The van der Waals surface area contributed by atoms with Crippen LogP contribution >= 0.6 is 11.3 Å². The van der Waals surface area contributed by atoms with Crippen LogP contribution < -0.4 is 10.3 Å². The summed E-state index contributed by atoms with van der Waals surface area (Å²) >= 11 is 1.52. The van der Waals surface area contributed by atoms with Gasteiger partial charge in [-0.1, -0.05) is 32.4 Å². The molecule has 0 saturated heterocycles. The summed E-state index contributed by atoms with van der Waals surface area (Å²) in [6, 6.07) is 7.94. The summed E-state index contributed by atoms with van der Waals surface area (Å²) in [7, 11) is 0. The molecule has 0 aliphatic rings. The lowest BCUT2D eigenvalue weighted by Crippen LogP contribution is -2.20. The highest BCUT2D eigenvalue weighted by molar-refractivity contribution is 7.17. The van der Waals surface area contributed by atoms with Crippen LogP contribution in [0.15, 0.2) is 40.8 Å². The van der Waals surface area contributed by atoms with Crippen LogP contribution in [0.5, 0.6) is 5.75 Å². The van der Waals surface area contributed by atoms with E-state index >= 15 is 0 Å². The fourth-order valence-corrected chi connectivity index (χ4v) is 3.52. The summed E-state index contributed by atoms with van der Waals surface area (Å²) in [6.45, 7) is 5.64. The first-order valence-corrected chi connectivity index (χ1v) is 9.32. The molecule has 0 fully saturated rings. The van der Waals surface area contributed by atoms with Crippen molar-refractivity contribution in [1.29, 1.82) is 0 Å². The second-order valence-corrected chi connectivity index (χ2v) is 6.66. The molecule has 1 aromatic carbocycles. The molecule has 3 aromatic rings. The van der Waals surface area contributed by atoms with Crippen molar-refractivity contribution in [2.45, 2.75) is 39.7 Å². The molecular formula is C19H22N2O2S. The van der Waals surface area contributed by atoms with Crippen LogP contribution in [0.3, 0.4) is 0 Å². The highest BCUT2D eigenvalue weighted by atomic mass is 32.1. The lowest BCUT2D eigenvalue weighted by atomic mass is 10.1. The number of hydrogen-bond acceptors (Lipinski definition) is 4. The fraction of sp³-hybridized carbons (Fsp3) is 0.368. The van der Waals surface area contributed by atoms with E-state index in [1.807, 2.05) is 29.6 Å². The second-order valence-electron chi connectivity index (χ2n) is 5.80. The highest BCUT2D eigenvalue weighted by Crippen LogP contribution is 2.31. The number of ether oxygens (including phenoxy) is 1. The molecule has 0 spiro atoms. The van der Waals surface area contributed by atoms with E-state index in [1.54, 1.807) is 10.9 Å². The summed E-state index contributed by atoms with van der Waals surface area (Å²) in [4.78, 5) is 18.1. The van der Waals surface area contributed by atoms with E-state index in [-0.39, 0.29) is 5.56 Å². The van der Waals surface area contributed by atoms with E-state index in [1.165, 1.54) is 11.3 Å². The molecule has 126 valence electrons. The zero-order chi connectivity index (χ0) is 16.9. The van der Waals surface area contributed by atoms with Crippen LogP contribution in [0.4, 0.5) is 0 Å². The number of rotatable bonds is 7. The summed E-state index contributed by atoms with van der Waals surface area (Å²) in [5.41, 5.74) is 2.04. The zero-order valence-electron chi connectivity index (χ0n) is 14.1. The van der Waals surface area contributed by atoms with Crippen molar-refractivity contribution < 1.29 is 4.74 Å². The molecule has 0 radical (unpaired) electrons. The third kappa shape index (κ3) is 3.36.